The third-order valence-corrected chi connectivity index (χ3v) is 6.87. The van der Waals surface area contributed by atoms with Crippen LogP contribution >= 0.6 is 11.6 Å². The SMILES string of the molecule is CCCCCN(C(=O)C(CC(N)=O)NC(=O)OC(C)(C)C)C(C(=O)Nc1c(C)cccc1Cl)c1ccc(C)c(C)c1. The van der Waals surface area contributed by atoms with E-state index in [0.29, 0.717) is 22.7 Å². The van der Waals surface area contributed by atoms with Gasteiger partial charge >= 0.3 is 6.09 Å². The van der Waals surface area contributed by atoms with E-state index in [2.05, 4.69) is 10.6 Å². The Bertz CT molecular complexity index is 1240. The molecule has 2 rings (SSSR count). The highest BCUT2D eigenvalue weighted by molar-refractivity contribution is 6.34. The van der Waals surface area contributed by atoms with E-state index in [-0.39, 0.29) is 6.54 Å². The Labute approximate surface area is 248 Å². The number of hydrogen-bond donors (Lipinski definition) is 3. The molecule has 10 heteroatoms. The van der Waals surface area contributed by atoms with E-state index in [4.69, 9.17) is 22.1 Å². The molecule has 0 spiro atoms. The molecule has 0 aliphatic carbocycles. The number of alkyl carbamates (subject to hydrolysis) is 1. The standard InChI is InChI=1S/C31H43ClN4O5/c1-8-9-10-16-36(29(39)24(18-25(33)37)34-30(40)41-31(5,6)7)27(22-15-14-19(2)21(4)17-22)28(38)35-26-20(3)12-11-13-23(26)32/h11-15,17,24,27H,8-10,16,18H2,1-7H3,(H2,33,37)(H,34,40)(H,35,38). The molecular formula is C31H43ClN4O5. The first-order valence-corrected chi connectivity index (χ1v) is 14.2. The van der Waals surface area contributed by atoms with Crippen LogP contribution in [0, 0.1) is 20.8 Å². The highest BCUT2D eigenvalue weighted by Gasteiger charge is 2.37. The minimum absolute atomic E-state index is 0.199. The van der Waals surface area contributed by atoms with Gasteiger partial charge in [0.25, 0.3) is 5.91 Å². The second-order valence-corrected chi connectivity index (χ2v) is 11.7. The maximum Gasteiger partial charge on any atom is 0.408 e. The summed E-state index contributed by atoms with van der Waals surface area (Å²) in [5.41, 5.74) is 8.39. The van der Waals surface area contributed by atoms with Crippen molar-refractivity contribution in [2.45, 2.75) is 91.8 Å². The molecular weight excluding hydrogens is 544 g/mol. The molecule has 0 saturated heterocycles. The molecule has 41 heavy (non-hydrogen) atoms. The van der Waals surface area contributed by atoms with E-state index in [9.17, 15) is 19.2 Å². The van der Waals surface area contributed by atoms with E-state index in [0.717, 1.165) is 29.5 Å². The molecule has 4 amide bonds. The fourth-order valence-corrected chi connectivity index (χ4v) is 4.61. The summed E-state index contributed by atoms with van der Waals surface area (Å²) in [4.78, 5) is 54.3. The summed E-state index contributed by atoms with van der Waals surface area (Å²) in [6.45, 7) is 13.0. The second-order valence-electron chi connectivity index (χ2n) is 11.3. The number of rotatable bonds is 12. The van der Waals surface area contributed by atoms with Crippen molar-refractivity contribution in [3.05, 3.63) is 63.7 Å². The van der Waals surface area contributed by atoms with Gasteiger partial charge in [0, 0.05) is 6.54 Å². The van der Waals surface area contributed by atoms with Gasteiger partial charge in [0.05, 0.1) is 17.1 Å². The number of nitrogens with zero attached hydrogens (tertiary/aromatic N) is 1. The molecule has 2 atom stereocenters. The van der Waals surface area contributed by atoms with Crippen LogP contribution in [0.4, 0.5) is 10.5 Å². The molecule has 2 aromatic carbocycles. The lowest BCUT2D eigenvalue weighted by Gasteiger charge is -2.34. The summed E-state index contributed by atoms with van der Waals surface area (Å²) in [7, 11) is 0. The van der Waals surface area contributed by atoms with Crippen molar-refractivity contribution in [2.24, 2.45) is 5.73 Å². The van der Waals surface area contributed by atoms with Crippen molar-refractivity contribution in [2.75, 3.05) is 11.9 Å². The van der Waals surface area contributed by atoms with Crippen molar-refractivity contribution in [1.29, 1.82) is 0 Å². The molecule has 0 bridgehead atoms. The zero-order valence-corrected chi connectivity index (χ0v) is 25.9. The molecule has 224 valence electrons. The molecule has 0 aliphatic heterocycles. The van der Waals surface area contributed by atoms with Gasteiger partial charge in [0.2, 0.25) is 11.8 Å². The lowest BCUT2D eigenvalue weighted by atomic mass is 9.97. The zero-order chi connectivity index (χ0) is 30.9. The summed E-state index contributed by atoms with van der Waals surface area (Å²) in [5.74, 6) is -1.89. The fraction of sp³-hybridized carbons (Fsp3) is 0.484. The maximum absolute atomic E-state index is 14.2. The van der Waals surface area contributed by atoms with Crippen LogP contribution in [0.15, 0.2) is 36.4 Å². The molecule has 4 N–H and O–H groups in total. The van der Waals surface area contributed by atoms with Crippen molar-refractivity contribution < 1.29 is 23.9 Å². The normalized spacial score (nSPS) is 12.7. The van der Waals surface area contributed by atoms with Crippen LogP contribution in [0.2, 0.25) is 5.02 Å². The first-order valence-electron chi connectivity index (χ1n) is 13.9. The molecule has 0 radical (unpaired) electrons. The van der Waals surface area contributed by atoms with Crippen LogP contribution in [0.1, 0.15) is 81.7 Å². The molecule has 2 unspecified atom stereocenters. The van der Waals surface area contributed by atoms with Crippen LogP contribution in [0.25, 0.3) is 0 Å². The fourth-order valence-electron chi connectivity index (χ4n) is 4.34. The van der Waals surface area contributed by atoms with Crippen LogP contribution in [-0.4, -0.2) is 46.9 Å². The van der Waals surface area contributed by atoms with Gasteiger partial charge in [0.1, 0.15) is 17.7 Å². The largest absolute Gasteiger partial charge is 0.444 e. The Morgan fingerprint density at radius 3 is 2.24 bits per heavy atom. The molecule has 0 aromatic heterocycles. The number of amides is 4. The zero-order valence-electron chi connectivity index (χ0n) is 25.1. The van der Waals surface area contributed by atoms with E-state index in [1.807, 2.05) is 45.9 Å². The number of halogens is 1. The average Bonchev–Trinajstić information content (AvgIpc) is 2.85. The number of carbonyl (C=O) groups is 4. The van der Waals surface area contributed by atoms with Crippen LogP contribution < -0.4 is 16.4 Å². The number of aryl methyl sites for hydroxylation is 3. The summed E-state index contributed by atoms with van der Waals surface area (Å²) in [6.07, 6.45) is 0.937. The number of anilines is 1. The number of hydrogen-bond acceptors (Lipinski definition) is 5. The lowest BCUT2D eigenvalue weighted by molar-refractivity contribution is -0.142. The number of nitrogens with two attached hydrogens (primary N) is 1. The molecule has 0 heterocycles. The Morgan fingerprint density at radius 2 is 1.68 bits per heavy atom. The van der Waals surface area contributed by atoms with Gasteiger partial charge in [-0.15, -0.1) is 0 Å². The Morgan fingerprint density at radius 1 is 1.00 bits per heavy atom. The predicted molar refractivity (Wildman–Crippen MR) is 162 cm³/mol. The third kappa shape index (κ3) is 10.1. The van der Waals surface area contributed by atoms with Gasteiger partial charge < -0.3 is 26.0 Å². The second kappa shape index (κ2) is 14.9. The Kier molecular flexibility index (Phi) is 12.2. The lowest BCUT2D eigenvalue weighted by Crippen LogP contribution is -2.53. The number of ether oxygens (including phenoxy) is 1. The topological polar surface area (TPSA) is 131 Å². The number of nitrogens with one attached hydrogen (secondary N) is 2. The van der Waals surface area contributed by atoms with E-state index in [1.54, 1.807) is 39.0 Å². The minimum Gasteiger partial charge on any atom is -0.444 e. The number of benzene rings is 2. The molecule has 9 nitrogen and oxygen atoms in total. The average molecular weight is 587 g/mol. The Balaban J connectivity index is 2.63. The molecule has 0 aliphatic rings. The van der Waals surface area contributed by atoms with E-state index < -0.39 is 47.9 Å². The Hall–Kier alpha value is -3.59. The number of unbranched alkanes of at least 4 members (excludes halogenated alkanes) is 2. The summed E-state index contributed by atoms with van der Waals surface area (Å²) < 4.78 is 5.34. The monoisotopic (exact) mass is 586 g/mol. The van der Waals surface area contributed by atoms with Crippen molar-refractivity contribution in [3.8, 4) is 0 Å². The van der Waals surface area contributed by atoms with Gasteiger partial charge in [-0.3, -0.25) is 14.4 Å². The van der Waals surface area contributed by atoms with Gasteiger partial charge in [-0.1, -0.05) is 61.7 Å². The first-order chi connectivity index (χ1) is 19.1. The van der Waals surface area contributed by atoms with Crippen LogP contribution in [0.3, 0.4) is 0 Å². The van der Waals surface area contributed by atoms with Crippen molar-refractivity contribution >= 4 is 41.1 Å². The molecule has 0 fully saturated rings. The number of para-hydroxylation sites is 1. The van der Waals surface area contributed by atoms with Gasteiger partial charge in [-0.25, -0.2) is 4.79 Å². The van der Waals surface area contributed by atoms with Crippen molar-refractivity contribution in [3.63, 3.8) is 0 Å². The van der Waals surface area contributed by atoms with Gasteiger partial charge in [-0.2, -0.15) is 0 Å². The molecule has 2 aromatic rings. The minimum atomic E-state index is -1.34. The maximum atomic E-state index is 14.2. The van der Waals surface area contributed by atoms with E-state index >= 15 is 0 Å². The third-order valence-electron chi connectivity index (χ3n) is 6.56. The number of carbonyl (C=O) groups excluding carboxylic acids is 4. The first kappa shape index (κ1) is 33.6. The summed E-state index contributed by atoms with van der Waals surface area (Å²) >= 11 is 6.42. The van der Waals surface area contributed by atoms with Crippen molar-refractivity contribution in [1.82, 2.24) is 10.2 Å². The van der Waals surface area contributed by atoms with Crippen LogP contribution in [0.5, 0.6) is 0 Å². The highest BCUT2D eigenvalue weighted by atomic mass is 35.5. The molecule has 0 saturated carbocycles. The van der Waals surface area contributed by atoms with Crippen LogP contribution in [-0.2, 0) is 19.1 Å². The highest BCUT2D eigenvalue weighted by Crippen LogP contribution is 2.30. The predicted octanol–water partition coefficient (Wildman–Crippen LogP) is 5.73. The van der Waals surface area contributed by atoms with Gasteiger partial charge in [-0.05, 0) is 76.3 Å². The smallest absolute Gasteiger partial charge is 0.408 e. The summed E-state index contributed by atoms with van der Waals surface area (Å²) in [6, 6.07) is 8.40. The van der Waals surface area contributed by atoms with E-state index in [1.165, 1.54) is 4.90 Å². The quantitative estimate of drug-likeness (QED) is 0.273. The summed E-state index contributed by atoms with van der Waals surface area (Å²) in [5, 5.41) is 5.78. The van der Waals surface area contributed by atoms with Gasteiger partial charge in [0.15, 0.2) is 0 Å². The number of primary amides is 1.